The average Bonchev–Trinajstić information content (AvgIpc) is 3.07. The number of aromatic hydroxyl groups is 1. The van der Waals surface area contributed by atoms with Gasteiger partial charge in [0.2, 0.25) is 0 Å². The van der Waals surface area contributed by atoms with Gasteiger partial charge in [-0.2, -0.15) is 10.5 Å². The molecule has 0 saturated carbocycles. The lowest BCUT2D eigenvalue weighted by Gasteiger charge is -2.16. The first-order valence-electron chi connectivity index (χ1n) is 16.6. The Hall–Kier alpha value is -4.48. The third-order valence-corrected chi connectivity index (χ3v) is 7.76. The maximum Gasteiger partial charge on any atom is 0.127 e. The topological polar surface area (TPSA) is 86.3 Å². The summed E-state index contributed by atoms with van der Waals surface area (Å²) < 4.78 is 12.8. The van der Waals surface area contributed by atoms with Crippen LogP contribution in [0.1, 0.15) is 113 Å². The highest BCUT2D eigenvalue weighted by Gasteiger charge is 2.14. The Labute approximate surface area is 270 Å². The van der Waals surface area contributed by atoms with Gasteiger partial charge in [-0.15, -0.1) is 0 Å². The van der Waals surface area contributed by atoms with E-state index in [-0.39, 0.29) is 5.75 Å². The number of hydrogen-bond acceptors (Lipinski definition) is 5. The van der Waals surface area contributed by atoms with Gasteiger partial charge < -0.3 is 14.6 Å². The molecule has 3 aromatic rings. The number of nitrogens with zero attached hydrogens (tertiary/aromatic N) is 2. The highest BCUT2D eigenvalue weighted by atomic mass is 16.5. The van der Waals surface area contributed by atoms with E-state index in [4.69, 9.17) is 9.47 Å². The molecule has 5 nitrogen and oxygen atoms in total. The molecule has 0 radical (unpaired) electrons. The molecule has 0 heterocycles. The first-order chi connectivity index (χ1) is 22.1. The van der Waals surface area contributed by atoms with Crippen molar-refractivity contribution in [2.75, 3.05) is 13.2 Å². The molecule has 0 aliphatic carbocycles. The molecule has 236 valence electrons. The van der Waals surface area contributed by atoms with Crippen LogP contribution in [-0.4, -0.2) is 18.3 Å². The lowest BCUT2D eigenvalue weighted by atomic mass is 9.99. The zero-order valence-corrected chi connectivity index (χ0v) is 27.1. The van der Waals surface area contributed by atoms with Crippen molar-refractivity contribution in [2.24, 2.45) is 0 Å². The minimum atomic E-state index is 0.146. The summed E-state index contributed by atoms with van der Waals surface area (Å²) in [5.74, 6) is 1.43. The molecular formula is C40H48N2O3. The van der Waals surface area contributed by atoms with Crippen molar-refractivity contribution in [3.8, 4) is 29.4 Å². The Morgan fingerprint density at radius 1 is 0.600 bits per heavy atom. The normalized spacial score (nSPS) is 11.6. The van der Waals surface area contributed by atoms with Gasteiger partial charge >= 0.3 is 0 Å². The zero-order chi connectivity index (χ0) is 32.1. The summed E-state index contributed by atoms with van der Waals surface area (Å²) in [7, 11) is 0. The quantitative estimate of drug-likeness (QED) is 0.0787. The Bertz CT molecular complexity index is 1440. The average molecular weight is 605 g/mol. The fraction of sp³-hybridized carbons (Fsp3) is 0.400. The van der Waals surface area contributed by atoms with E-state index in [2.05, 4.69) is 26.0 Å². The molecule has 0 spiro atoms. The van der Waals surface area contributed by atoms with Crippen LogP contribution in [-0.2, 0) is 0 Å². The molecule has 0 aromatic heterocycles. The Kier molecular flexibility index (Phi) is 15.9. The van der Waals surface area contributed by atoms with Crippen LogP contribution in [0.5, 0.6) is 17.2 Å². The fourth-order valence-corrected chi connectivity index (χ4v) is 5.13. The van der Waals surface area contributed by atoms with Crippen molar-refractivity contribution in [2.45, 2.75) is 90.9 Å². The zero-order valence-electron chi connectivity index (χ0n) is 27.1. The Morgan fingerprint density at radius 2 is 1.02 bits per heavy atom. The SMILES string of the molecule is CCCCCCCCOc1cc(/C=C(/C#N)c2ccc(O)cc2)c(OCCCCCCCC)cc1/C=C(/C#N)c1ccccc1. The van der Waals surface area contributed by atoms with Crippen molar-refractivity contribution >= 4 is 23.3 Å². The first-order valence-corrected chi connectivity index (χ1v) is 16.6. The number of benzene rings is 3. The molecule has 3 aromatic carbocycles. The lowest BCUT2D eigenvalue weighted by molar-refractivity contribution is 0.295. The van der Waals surface area contributed by atoms with E-state index in [1.54, 1.807) is 24.3 Å². The Balaban J connectivity index is 2.00. The van der Waals surface area contributed by atoms with Crippen LogP contribution in [0.15, 0.2) is 66.7 Å². The first kappa shape index (κ1) is 35.0. The number of hydrogen-bond donors (Lipinski definition) is 1. The second-order valence-corrected chi connectivity index (χ2v) is 11.4. The molecule has 1 N–H and O–H groups in total. The molecule has 0 saturated heterocycles. The standard InChI is InChI=1S/C40H48N2O3/c1-3-5-7-9-11-16-24-44-39-29-35(27-37(31-42)33-20-22-38(43)23-21-33)40(45-25-17-12-10-8-6-4-2)28-34(39)26-36(30-41)32-18-14-13-15-19-32/h13-15,18-23,26-29,43H,3-12,16-17,24-25H2,1-2H3/b36-26-,37-27-. The summed E-state index contributed by atoms with van der Waals surface area (Å²) in [6.45, 7) is 5.55. The van der Waals surface area contributed by atoms with Crippen LogP contribution in [0, 0.1) is 22.7 Å². The predicted molar refractivity (Wildman–Crippen MR) is 186 cm³/mol. The predicted octanol–water partition coefficient (Wildman–Crippen LogP) is 11.0. The molecule has 0 atom stereocenters. The van der Waals surface area contributed by atoms with E-state index in [1.807, 2.05) is 54.6 Å². The summed E-state index contributed by atoms with van der Waals surface area (Å²) in [5, 5.41) is 29.9. The highest BCUT2D eigenvalue weighted by Crippen LogP contribution is 2.35. The summed E-state index contributed by atoms with van der Waals surface area (Å²) >= 11 is 0. The van der Waals surface area contributed by atoms with Gasteiger partial charge in [0.15, 0.2) is 0 Å². The molecule has 0 unspecified atom stereocenters. The van der Waals surface area contributed by atoms with Crippen LogP contribution >= 0.6 is 0 Å². The van der Waals surface area contributed by atoms with Crippen molar-refractivity contribution in [3.63, 3.8) is 0 Å². The molecule has 45 heavy (non-hydrogen) atoms. The fourth-order valence-electron chi connectivity index (χ4n) is 5.13. The van der Waals surface area contributed by atoms with Crippen molar-refractivity contribution in [1.82, 2.24) is 0 Å². The third-order valence-electron chi connectivity index (χ3n) is 7.76. The molecule has 0 aliphatic rings. The maximum atomic E-state index is 10.1. The number of unbranched alkanes of at least 4 members (excludes halogenated alkanes) is 10. The molecule has 5 heteroatoms. The lowest BCUT2D eigenvalue weighted by Crippen LogP contribution is -2.03. The van der Waals surface area contributed by atoms with E-state index in [1.165, 1.54) is 51.4 Å². The van der Waals surface area contributed by atoms with Gasteiger partial charge in [-0.05, 0) is 72.5 Å². The second-order valence-electron chi connectivity index (χ2n) is 11.4. The van der Waals surface area contributed by atoms with Gasteiger partial charge in [0.1, 0.15) is 17.2 Å². The number of allylic oxidation sites excluding steroid dienone is 2. The number of phenolic OH excluding ortho intramolecular Hbond substituents is 1. The van der Waals surface area contributed by atoms with E-state index in [9.17, 15) is 15.6 Å². The maximum absolute atomic E-state index is 10.1. The van der Waals surface area contributed by atoms with Gasteiger partial charge in [0.25, 0.3) is 0 Å². The summed E-state index contributed by atoms with van der Waals surface area (Å²) in [5.41, 5.74) is 4.02. The van der Waals surface area contributed by atoms with Gasteiger partial charge in [0.05, 0.1) is 36.5 Å². The summed E-state index contributed by atoms with van der Waals surface area (Å²) in [6, 6.07) is 24.8. The van der Waals surface area contributed by atoms with Crippen LogP contribution in [0.25, 0.3) is 23.3 Å². The summed E-state index contributed by atoms with van der Waals surface area (Å²) in [4.78, 5) is 0. The van der Waals surface area contributed by atoms with E-state index in [0.29, 0.717) is 41.4 Å². The molecular weight excluding hydrogens is 556 g/mol. The minimum absolute atomic E-state index is 0.146. The monoisotopic (exact) mass is 604 g/mol. The molecule has 0 amide bonds. The molecule has 0 fully saturated rings. The molecule has 0 bridgehead atoms. The number of phenols is 1. The number of nitriles is 2. The van der Waals surface area contributed by atoms with E-state index >= 15 is 0 Å². The smallest absolute Gasteiger partial charge is 0.127 e. The van der Waals surface area contributed by atoms with Gasteiger partial charge in [-0.1, -0.05) is 108 Å². The van der Waals surface area contributed by atoms with Crippen molar-refractivity contribution in [3.05, 3.63) is 89.0 Å². The van der Waals surface area contributed by atoms with Crippen LogP contribution < -0.4 is 9.47 Å². The molecule has 3 rings (SSSR count). The van der Waals surface area contributed by atoms with Crippen LogP contribution in [0.4, 0.5) is 0 Å². The van der Waals surface area contributed by atoms with Gasteiger partial charge in [-0.3, -0.25) is 0 Å². The number of ether oxygens (including phenoxy) is 2. The van der Waals surface area contributed by atoms with Crippen molar-refractivity contribution in [1.29, 1.82) is 10.5 Å². The largest absolute Gasteiger partial charge is 0.508 e. The van der Waals surface area contributed by atoms with Crippen LogP contribution in [0.2, 0.25) is 0 Å². The van der Waals surface area contributed by atoms with Gasteiger partial charge in [-0.25, -0.2) is 0 Å². The Morgan fingerprint density at radius 3 is 1.47 bits per heavy atom. The highest BCUT2D eigenvalue weighted by molar-refractivity contribution is 5.93. The van der Waals surface area contributed by atoms with E-state index < -0.39 is 0 Å². The second kappa shape index (κ2) is 20.5. The number of rotatable bonds is 20. The van der Waals surface area contributed by atoms with Crippen molar-refractivity contribution < 1.29 is 14.6 Å². The van der Waals surface area contributed by atoms with Gasteiger partial charge in [0, 0.05) is 11.1 Å². The van der Waals surface area contributed by atoms with E-state index in [0.717, 1.165) is 42.4 Å². The third kappa shape index (κ3) is 12.2. The minimum Gasteiger partial charge on any atom is -0.508 e. The molecule has 0 aliphatic heterocycles. The van der Waals surface area contributed by atoms with Crippen LogP contribution in [0.3, 0.4) is 0 Å². The summed E-state index contributed by atoms with van der Waals surface area (Å²) in [6.07, 6.45) is 17.5.